The molecule has 0 aliphatic heterocycles. The number of nitrogens with zero attached hydrogens (tertiary/aromatic N) is 2. The molecule has 0 atom stereocenters. The molecule has 0 heterocycles. The topological polar surface area (TPSA) is 87.2 Å². The number of nitriles is 1. The van der Waals surface area contributed by atoms with Crippen LogP contribution in [0.5, 0.6) is 0 Å². The van der Waals surface area contributed by atoms with Crippen LogP contribution in [0.2, 0.25) is 0 Å². The van der Waals surface area contributed by atoms with Gasteiger partial charge in [0.1, 0.15) is 0 Å². The van der Waals surface area contributed by atoms with Gasteiger partial charge in [-0.05, 0) is 6.07 Å². The van der Waals surface area contributed by atoms with E-state index in [4.69, 9.17) is 10.4 Å². The van der Waals surface area contributed by atoms with Gasteiger partial charge in [0.15, 0.2) is 0 Å². The number of rotatable bonds is 2. The molecule has 0 aliphatic rings. The molecule has 0 saturated heterocycles. The van der Waals surface area contributed by atoms with E-state index in [0.29, 0.717) is 12.1 Å². The van der Waals surface area contributed by atoms with Gasteiger partial charge in [0.25, 0.3) is 5.69 Å². The average Bonchev–Trinajstić information content (AvgIpc) is 2.25. The van der Waals surface area contributed by atoms with E-state index in [-0.39, 0.29) is 0 Å². The van der Waals surface area contributed by atoms with Crippen LogP contribution in [0.4, 0.5) is 18.9 Å². The molecular weight excluding hydrogens is 241 g/mol. The minimum Gasteiger partial charge on any atom is -0.391 e. The predicted octanol–water partition coefficient (Wildman–Crippen LogP) is 1.98. The molecule has 8 heteroatoms. The summed E-state index contributed by atoms with van der Waals surface area (Å²) in [5.41, 5.74) is -3.62. The number of hydrogen-bond acceptors (Lipinski definition) is 4. The number of benzene rings is 1. The molecule has 0 saturated carbocycles. The van der Waals surface area contributed by atoms with Crippen molar-refractivity contribution >= 4 is 5.69 Å². The van der Waals surface area contributed by atoms with E-state index < -0.39 is 40.1 Å². The molecule has 0 spiro atoms. The van der Waals surface area contributed by atoms with E-state index in [1.54, 1.807) is 0 Å². The molecule has 0 amide bonds. The van der Waals surface area contributed by atoms with Gasteiger partial charge in [0.2, 0.25) is 0 Å². The summed E-state index contributed by atoms with van der Waals surface area (Å²) in [5.74, 6) is 0. The summed E-state index contributed by atoms with van der Waals surface area (Å²) in [6, 6.07) is 2.57. The van der Waals surface area contributed by atoms with Gasteiger partial charge in [-0.2, -0.15) is 18.4 Å². The molecule has 0 aliphatic carbocycles. The van der Waals surface area contributed by atoms with Crippen molar-refractivity contribution < 1.29 is 23.2 Å². The first-order valence-corrected chi connectivity index (χ1v) is 4.20. The number of nitro groups is 1. The van der Waals surface area contributed by atoms with Crippen molar-refractivity contribution in [3.05, 3.63) is 38.9 Å². The minimum atomic E-state index is -4.87. The normalized spacial score (nSPS) is 11.0. The van der Waals surface area contributed by atoms with Crippen molar-refractivity contribution in [2.45, 2.75) is 12.8 Å². The average molecular weight is 246 g/mol. The van der Waals surface area contributed by atoms with Crippen LogP contribution in [0.25, 0.3) is 0 Å². The Labute approximate surface area is 92.9 Å². The standard InChI is InChI=1S/C9H5F3N2O3/c10-9(11,12)7-1-5(3-13)2-8(14(16)17)6(7)4-15/h1-2,15H,4H2. The Hall–Kier alpha value is -2.14. The minimum absolute atomic E-state index is 0.471. The molecule has 0 radical (unpaired) electrons. The van der Waals surface area contributed by atoms with Crippen molar-refractivity contribution in [3.8, 4) is 6.07 Å². The molecule has 0 unspecified atom stereocenters. The van der Waals surface area contributed by atoms with Crippen molar-refractivity contribution in [1.29, 1.82) is 5.26 Å². The Kier molecular flexibility index (Phi) is 3.34. The van der Waals surface area contributed by atoms with Crippen molar-refractivity contribution in [1.82, 2.24) is 0 Å². The van der Waals surface area contributed by atoms with E-state index in [1.807, 2.05) is 0 Å². The zero-order chi connectivity index (χ0) is 13.2. The summed E-state index contributed by atoms with van der Waals surface area (Å²) in [6.07, 6.45) is -4.87. The first kappa shape index (κ1) is 12.9. The third-order valence-corrected chi connectivity index (χ3v) is 2.02. The van der Waals surface area contributed by atoms with Gasteiger partial charge in [-0.15, -0.1) is 0 Å². The van der Waals surface area contributed by atoms with Gasteiger partial charge in [0.05, 0.1) is 34.3 Å². The molecule has 1 rings (SSSR count). The van der Waals surface area contributed by atoms with Gasteiger partial charge in [0, 0.05) is 6.07 Å². The fourth-order valence-corrected chi connectivity index (χ4v) is 1.30. The Morgan fingerprint density at radius 3 is 2.41 bits per heavy atom. The maximum Gasteiger partial charge on any atom is 0.417 e. The summed E-state index contributed by atoms with van der Waals surface area (Å²) in [4.78, 5) is 9.48. The van der Waals surface area contributed by atoms with Gasteiger partial charge in [-0.25, -0.2) is 0 Å². The molecule has 0 aromatic heterocycles. The second-order valence-corrected chi connectivity index (χ2v) is 3.05. The summed E-state index contributed by atoms with van der Waals surface area (Å²) in [6.45, 7) is -1.13. The van der Waals surface area contributed by atoms with Crippen LogP contribution in [-0.2, 0) is 12.8 Å². The Bertz CT molecular complexity index is 505. The fraction of sp³-hybridized carbons (Fsp3) is 0.222. The largest absolute Gasteiger partial charge is 0.417 e. The molecule has 1 aromatic rings. The predicted molar refractivity (Wildman–Crippen MR) is 48.7 cm³/mol. The second-order valence-electron chi connectivity index (χ2n) is 3.05. The monoisotopic (exact) mass is 246 g/mol. The highest BCUT2D eigenvalue weighted by Gasteiger charge is 2.37. The quantitative estimate of drug-likeness (QED) is 0.638. The van der Waals surface area contributed by atoms with Gasteiger partial charge in [-0.3, -0.25) is 10.1 Å². The van der Waals surface area contributed by atoms with E-state index in [0.717, 1.165) is 0 Å². The van der Waals surface area contributed by atoms with E-state index in [9.17, 15) is 23.3 Å². The second kappa shape index (κ2) is 4.39. The molecule has 5 nitrogen and oxygen atoms in total. The number of hydrogen-bond donors (Lipinski definition) is 1. The lowest BCUT2D eigenvalue weighted by Gasteiger charge is -2.11. The number of aliphatic hydroxyl groups is 1. The third-order valence-electron chi connectivity index (χ3n) is 2.02. The van der Waals surface area contributed by atoms with E-state index in [2.05, 4.69) is 0 Å². The maximum absolute atomic E-state index is 12.6. The number of alkyl halides is 3. The van der Waals surface area contributed by atoms with Crippen molar-refractivity contribution in [2.24, 2.45) is 0 Å². The molecular formula is C9H5F3N2O3. The summed E-state index contributed by atoms with van der Waals surface area (Å²) >= 11 is 0. The van der Waals surface area contributed by atoms with Crippen molar-refractivity contribution in [3.63, 3.8) is 0 Å². The zero-order valence-electron chi connectivity index (χ0n) is 8.15. The molecule has 1 N–H and O–H groups in total. The van der Waals surface area contributed by atoms with E-state index >= 15 is 0 Å². The Morgan fingerprint density at radius 1 is 1.47 bits per heavy atom. The van der Waals surface area contributed by atoms with Crippen LogP contribution in [0, 0.1) is 21.4 Å². The van der Waals surface area contributed by atoms with Gasteiger partial charge < -0.3 is 5.11 Å². The summed E-state index contributed by atoms with van der Waals surface area (Å²) in [5, 5.41) is 27.8. The molecule has 0 bridgehead atoms. The van der Waals surface area contributed by atoms with Crippen LogP contribution < -0.4 is 0 Å². The molecule has 90 valence electrons. The van der Waals surface area contributed by atoms with Gasteiger partial charge in [-0.1, -0.05) is 0 Å². The zero-order valence-corrected chi connectivity index (χ0v) is 8.15. The highest BCUT2D eigenvalue weighted by atomic mass is 19.4. The first-order valence-electron chi connectivity index (χ1n) is 4.20. The lowest BCUT2D eigenvalue weighted by Crippen LogP contribution is -2.12. The molecule has 17 heavy (non-hydrogen) atoms. The molecule has 1 aromatic carbocycles. The van der Waals surface area contributed by atoms with Crippen LogP contribution in [-0.4, -0.2) is 10.0 Å². The van der Waals surface area contributed by atoms with Crippen LogP contribution in [0.3, 0.4) is 0 Å². The summed E-state index contributed by atoms with van der Waals surface area (Å²) in [7, 11) is 0. The number of nitro benzene ring substituents is 1. The Morgan fingerprint density at radius 2 is 2.06 bits per heavy atom. The molecule has 0 fully saturated rings. The third kappa shape index (κ3) is 2.51. The fourth-order valence-electron chi connectivity index (χ4n) is 1.30. The Balaban J connectivity index is 3.64. The lowest BCUT2D eigenvalue weighted by atomic mass is 10.0. The van der Waals surface area contributed by atoms with E-state index in [1.165, 1.54) is 6.07 Å². The highest BCUT2D eigenvalue weighted by molar-refractivity contribution is 5.52. The van der Waals surface area contributed by atoms with Crippen LogP contribution in [0.1, 0.15) is 16.7 Å². The lowest BCUT2D eigenvalue weighted by molar-refractivity contribution is -0.386. The number of halogens is 3. The van der Waals surface area contributed by atoms with Crippen LogP contribution >= 0.6 is 0 Å². The van der Waals surface area contributed by atoms with Gasteiger partial charge >= 0.3 is 6.18 Å². The highest BCUT2D eigenvalue weighted by Crippen LogP contribution is 2.36. The number of aliphatic hydroxyl groups excluding tert-OH is 1. The first-order chi connectivity index (χ1) is 7.81. The van der Waals surface area contributed by atoms with Crippen LogP contribution in [0.15, 0.2) is 12.1 Å². The SMILES string of the molecule is N#Cc1cc([N+](=O)[O-])c(CO)c(C(F)(F)F)c1. The maximum atomic E-state index is 12.6. The van der Waals surface area contributed by atoms with Crippen molar-refractivity contribution in [2.75, 3.05) is 0 Å². The smallest absolute Gasteiger partial charge is 0.391 e. The summed E-state index contributed by atoms with van der Waals surface area (Å²) < 4.78 is 37.7.